The lowest BCUT2D eigenvalue weighted by Crippen LogP contribution is -2.38. The molecule has 106 valence electrons. The topological polar surface area (TPSA) is 70.6 Å². The van der Waals surface area contributed by atoms with Gasteiger partial charge in [0.1, 0.15) is 18.5 Å². The third-order valence-electron chi connectivity index (χ3n) is 2.28. The molecule has 0 bridgehead atoms. The number of carbonyl (C=O) groups is 1. The molecule has 0 saturated heterocycles. The van der Waals surface area contributed by atoms with E-state index >= 15 is 0 Å². The molecule has 0 spiro atoms. The molecule has 1 rings (SSSR count). The Morgan fingerprint density at radius 2 is 2.32 bits per heavy atom. The quantitative estimate of drug-likeness (QED) is 0.662. The lowest BCUT2D eigenvalue weighted by Gasteiger charge is -2.13. The molecule has 3 N–H and O–H groups in total. The second-order valence-electron chi connectivity index (χ2n) is 4.01. The Kier molecular flexibility index (Phi) is 7.47. The summed E-state index contributed by atoms with van der Waals surface area (Å²) in [6, 6.07) is 7.41. The summed E-state index contributed by atoms with van der Waals surface area (Å²) in [4.78, 5) is 11.1. The van der Waals surface area contributed by atoms with Gasteiger partial charge in [-0.3, -0.25) is 4.79 Å². The standard InChI is InChI=1S/C13H19BrN2O3/c1-2-16-13(18)8-15-7-11(17)9-19-12-5-3-4-10(14)6-12/h3-6,11,15,17H,2,7-9H2,1H3,(H,16,18). The number of hydrogen-bond donors (Lipinski definition) is 3. The summed E-state index contributed by atoms with van der Waals surface area (Å²) < 4.78 is 6.36. The van der Waals surface area contributed by atoms with Gasteiger partial charge in [-0.2, -0.15) is 0 Å². The predicted octanol–water partition coefficient (Wildman–Crippen LogP) is 0.915. The van der Waals surface area contributed by atoms with Crippen LogP contribution in [-0.4, -0.2) is 43.4 Å². The van der Waals surface area contributed by atoms with Gasteiger partial charge in [0, 0.05) is 17.6 Å². The highest BCUT2D eigenvalue weighted by atomic mass is 79.9. The fraction of sp³-hybridized carbons (Fsp3) is 0.462. The third-order valence-corrected chi connectivity index (χ3v) is 2.77. The van der Waals surface area contributed by atoms with Crippen molar-refractivity contribution in [1.29, 1.82) is 0 Å². The van der Waals surface area contributed by atoms with Crippen LogP contribution in [-0.2, 0) is 4.79 Å². The van der Waals surface area contributed by atoms with Crippen LogP contribution in [0.15, 0.2) is 28.7 Å². The van der Waals surface area contributed by atoms with Crippen LogP contribution in [0.3, 0.4) is 0 Å². The van der Waals surface area contributed by atoms with Crippen molar-refractivity contribution >= 4 is 21.8 Å². The summed E-state index contributed by atoms with van der Waals surface area (Å²) in [6.45, 7) is 3.15. The number of carbonyl (C=O) groups excluding carboxylic acids is 1. The van der Waals surface area contributed by atoms with Gasteiger partial charge < -0.3 is 20.5 Å². The van der Waals surface area contributed by atoms with Crippen LogP contribution < -0.4 is 15.4 Å². The second kappa shape index (κ2) is 8.90. The molecule has 0 radical (unpaired) electrons. The van der Waals surface area contributed by atoms with Gasteiger partial charge in [-0.15, -0.1) is 0 Å². The minimum absolute atomic E-state index is 0.0809. The largest absolute Gasteiger partial charge is 0.491 e. The van der Waals surface area contributed by atoms with Gasteiger partial charge in [-0.25, -0.2) is 0 Å². The van der Waals surface area contributed by atoms with Crippen molar-refractivity contribution in [2.24, 2.45) is 0 Å². The maximum Gasteiger partial charge on any atom is 0.233 e. The minimum Gasteiger partial charge on any atom is -0.491 e. The number of aliphatic hydroxyl groups excluding tert-OH is 1. The number of amides is 1. The molecule has 1 aromatic rings. The number of nitrogens with one attached hydrogen (secondary N) is 2. The molecule has 0 aliphatic heterocycles. The SMILES string of the molecule is CCNC(=O)CNCC(O)COc1cccc(Br)c1. The van der Waals surface area contributed by atoms with E-state index in [2.05, 4.69) is 26.6 Å². The Morgan fingerprint density at radius 3 is 3.00 bits per heavy atom. The zero-order chi connectivity index (χ0) is 14.1. The number of benzene rings is 1. The predicted molar refractivity (Wildman–Crippen MR) is 77.2 cm³/mol. The molecule has 19 heavy (non-hydrogen) atoms. The van der Waals surface area contributed by atoms with Crippen molar-refractivity contribution in [1.82, 2.24) is 10.6 Å². The van der Waals surface area contributed by atoms with Gasteiger partial charge in [0.25, 0.3) is 0 Å². The number of halogens is 1. The highest BCUT2D eigenvalue weighted by Gasteiger charge is 2.06. The van der Waals surface area contributed by atoms with Gasteiger partial charge in [-0.1, -0.05) is 22.0 Å². The molecule has 5 nitrogen and oxygen atoms in total. The summed E-state index contributed by atoms with van der Waals surface area (Å²) in [6.07, 6.45) is -0.659. The first kappa shape index (κ1) is 15.9. The van der Waals surface area contributed by atoms with E-state index in [1.807, 2.05) is 31.2 Å². The fourth-order valence-corrected chi connectivity index (χ4v) is 1.80. The normalized spacial score (nSPS) is 11.9. The monoisotopic (exact) mass is 330 g/mol. The molecular formula is C13H19BrN2O3. The van der Waals surface area contributed by atoms with Gasteiger partial charge in [-0.05, 0) is 25.1 Å². The molecule has 0 heterocycles. The highest BCUT2D eigenvalue weighted by molar-refractivity contribution is 9.10. The molecule has 1 atom stereocenters. The maximum atomic E-state index is 11.1. The minimum atomic E-state index is -0.659. The van der Waals surface area contributed by atoms with Crippen molar-refractivity contribution < 1.29 is 14.6 Å². The van der Waals surface area contributed by atoms with Crippen molar-refractivity contribution in [3.05, 3.63) is 28.7 Å². The number of likely N-dealkylation sites (N-methyl/N-ethyl adjacent to an activating group) is 1. The lowest BCUT2D eigenvalue weighted by atomic mass is 10.3. The Labute approximate surface area is 121 Å². The van der Waals surface area contributed by atoms with E-state index in [9.17, 15) is 9.90 Å². The molecule has 0 saturated carbocycles. The summed E-state index contributed by atoms with van der Waals surface area (Å²) in [5.74, 6) is 0.611. The van der Waals surface area contributed by atoms with Gasteiger partial charge in [0.15, 0.2) is 0 Å². The first-order chi connectivity index (χ1) is 9.11. The van der Waals surface area contributed by atoms with E-state index in [1.165, 1.54) is 0 Å². The van der Waals surface area contributed by atoms with Gasteiger partial charge >= 0.3 is 0 Å². The van der Waals surface area contributed by atoms with Crippen LogP contribution >= 0.6 is 15.9 Å². The molecule has 1 aromatic carbocycles. The van der Waals surface area contributed by atoms with Gasteiger partial charge in [0.2, 0.25) is 5.91 Å². The molecule has 6 heteroatoms. The van der Waals surface area contributed by atoms with E-state index in [0.717, 1.165) is 4.47 Å². The smallest absolute Gasteiger partial charge is 0.233 e. The van der Waals surface area contributed by atoms with Crippen molar-refractivity contribution in [2.45, 2.75) is 13.0 Å². The van der Waals surface area contributed by atoms with Crippen LogP contribution in [0.1, 0.15) is 6.92 Å². The summed E-state index contributed by atoms with van der Waals surface area (Å²) >= 11 is 3.34. The Bertz CT molecular complexity index is 401. The lowest BCUT2D eigenvalue weighted by molar-refractivity contribution is -0.120. The number of ether oxygens (including phenoxy) is 1. The number of hydrogen-bond acceptors (Lipinski definition) is 4. The van der Waals surface area contributed by atoms with Crippen LogP contribution in [0, 0.1) is 0 Å². The summed E-state index contributed by atoms with van der Waals surface area (Å²) in [7, 11) is 0. The Balaban J connectivity index is 2.17. The number of aliphatic hydroxyl groups is 1. The zero-order valence-corrected chi connectivity index (χ0v) is 12.4. The Hall–Kier alpha value is -1.11. The first-order valence-corrected chi connectivity index (χ1v) is 6.95. The van der Waals surface area contributed by atoms with Crippen molar-refractivity contribution in [3.63, 3.8) is 0 Å². The van der Waals surface area contributed by atoms with Crippen LogP contribution in [0.4, 0.5) is 0 Å². The van der Waals surface area contributed by atoms with Crippen LogP contribution in [0.25, 0.3) is 0 Å². The third kappa shape index (κ3) is 7.15. The molecule has 0 aliphatic carbocycles. The number of rotatable bonds is 8. The summed E-state index contributed by atoms with van der Waals surface area (Å²) in [5, 5.41) is 15.2. The molecular weight excluding hydrogens is 312 g/mol. The second-order valence-corrected chi connectivity index (χ2v) is 4.92. The molecule has 0 fully saturated rings. The highest BCUT2D eigenvalue weighted by Crippen LogP contribution is 2.17. The average molecular weight is 331 g/mol. The van der Waals surface area contributed by atoms with Crippen molar-refractivity contribution in [2.75, 3.05) is 26.2 Å². The first-order valence-electron chi connectivity index (χ1n) is 6.15. The summed E-state index contributed by atoms with van der Waals surface area (Å²) in [5.41, 5.74) is 0. The van der Waals surface area contributed by atoms with Gasteiger partial charge in [0.05, 0.1) is 6.54 Å². The molecule has 0 aromatic heterocycles. The zero-order valence-electron chi connectivity index (χ0n) is 10.9. The maximum absolute atomic E-state index is 11.1. The van der Waals surface area contributed by atoms with E-state index in [0.29, 0.717) is 18.8 Å². The van der Waals surface area contributed by atoms with Crippen LogP contribution in [0.5, 0.6) is 5.75 Å². The average Bonchev–Trinajstić information content (AvgIpc) is 2.37. The fourth-order valence-electron chi connectivity index (χ4n) is 1.42. The van der Waals surface area contributed by atoms with E-state index in [4.69, 9.17) is 4.74 Å². The molecule has 1 unspecified atom stereocenters. The molecule has 0 aliphatic rings. The van der Waals surface area contributed by atoms with E-state index in [1.54, 1.807) is 0 Å². The van der Waals surface area contributed by atoms with Crippen LogP contribution in [0.2, 0.25) is 0 Å². The Morgan fingerprint density at radius 1 is 1.53 bits per heavy atom. The van der Waals surface area contributed by atoms with Crippen molar-refractivity contribution in [3.8, 4) is 5.75 Å². The van der Waals surface area contributed by atoms with E-state index < -0.39 is 6.10 Å². The molecule has 1 amide bonds. The van der Waals surface area contributed by atoms with E-state index in [-0.39, 0.29) is 19.1 Å².